The Morgan fingerprint density at radius 1 is 1.13 bits per heavy atom. The Hall–Kier alpha value is -0.273. The SMILES string of the molecule is CC(C)(C)c1ccccc1S(=O)(=O)[O-].[Li+]. The fraction of sp³-hybridized carbons (Fsp3) is 0.400. The molecule has 0 saturated carbocycles. The molecule has 0 fully saturated rings. The maximum absolute atomic E-state index is 10.9. The second-order valence-electron chi connectivity index (χ2n) is 4.20. The fourth-order valence-corrected chi connectivity index (χ4v) is 2.19. The summed E-state index contributed by atoms with van der Waals surface area (Å²) in [6.45, 7) is 5.62. The van der Waals surface area contributed by atoms with Gasteiger partial charge in [0.25, 0.3) is 0 Å². The summed E-state index contributed by atoms with van der Waals surface area (Å²) >= 11 is 0. The van der Waals surface area contributed by atoms with E-state index in [0.29, 0.717) is 5.56 Å². The van der Waals surface area contributed by atoms with Gasteiger partial charge in [-0.1, -0.05) is 39.0 Å². The Morgan fingerprint density at radius 3 is 1.93 bits per heavy atom. The van der Waals surface area contributed by atoms with Crippen molar-refractivity contribution in [3.05, 3.63) is 29.8 Å². The molecule has 0 amide bonds. The third-order valence-electron chi connectivity index (χ3n) is 1.96. The summed E-state index contributed by atoms with van der Waals surface area (Å²) in [6, 6.07) is 6.31. The van der Waals surface area contributed by atoms with Crippen LogP contribution < -0.4 is 18.9 Å². The first-order valence-electron chi connectivity index (χ1n) is 4.28. The van der Waals surface area contributed by atoms with Crippen LogP contribution in [0.15, 0.2) is 29.2 Å². The third kappa shape index (κ3) is 3.66. The Labute approximate surface area is 103 Å². The van der Waals surface area contributed by atoms with Gasteiger partial charge in [0, 0.05) is 0 Å². The van der Waals surface area contributed by atoms with Crippen LogP contribution in [0.4, 0.5) is 0 Å². The molecule has 5 heteroatoms. The van der Waals surface area contributed by atoms with E-state index in [9.17, 15) is 13.0 Å². The zero-order chi connectivity index (χ0) is 11.0. The Kier molecular flexibility index (Phi) is 4.62. The second-order valence-corrected chi connectivity index (χ2v) is 5.55. The van der Waals surface area contributed by atoms with E-state index in [4.69, 9.17) is 0 Å². The number of hydrogen-bond acceptors (Lipinski definition) is 3. The molecule has 0 aliphatic carbocycles. The number of rotatable bonds is 1. The van der Waals surface area contributed by atoms with Gasteiger partial charge in [-0.2, -0.15) is 0 Å². The van der Waals surface area contributed by atoms with Gasteiger partial charge in [0.1, 0.15) is 10.1 Å². The molecule has 0 bridgehead atoms. The van der Waals surface area contributed by atoms with Crippen LogP contribution >= 0.6 is 0 Å². The molecule has 0 unspecified atom stereocenters. The molecule has 15 heavy (non-hydrogen) atoms. The summed E-state index contributed by atoms with van der Waals surface area (Å²) in [5.41, 5.74) is 0.226. The zero-order valence-corrected chi connectivity index (χ0v) is 10.3. The monoisotopic (exact) mass is 220 g/mol. The Morgan fingerprint density at radius 2 is 1.60 bits per heavy atom. The van der Waals surface area contributed by atoms with Gasteiger partial charge in [-0.05, 0) is 17.0 Å². The minimum absolute atomic E-state index is 0. The average Bonchev–Trinajstić information content (AvgIpc) is 2.01. The molecule has 0 atom stereocenters. The first-order valence-corrected chi connectivity index (χ1v) is 5.69. The van der Waals surface area contributed by atoms with Crippen molar-refractivity contribution in [3.63, 3.8) is 0 Å². The van der Waals surface area contributed by atoms with E-state index >= 15 is 0 Å². The number of hydrogen-bond donors (Lipinski definition) is 0. The summed E-state index contributed by atoms with van der Waals surface area (Å²) in [6.07, 6.45) is 0. The van der Waals surface area contributed by atoms with Crippen molar-refractivity contribution >= 4 is 10.1 Å². The van der Waals surface area contributed by atoms with Crippen LogP contribution in [0.25, 0.3) is 0 Å². The van der Waals surface area contributed by atoms with Crippen LogP contribution in [0.1, 0.15) is 26.3 Å². The summed E-state index contributed by atoms with van der Waals surface area (Å²) < 4.78 is 32.8. The number of benzene rings is 1. The van der Waals surface area contributed by atoms with Crippen LogP contribution in [0.5, 0.6) is 0 Å². The predicted molar refractivity (Wildman–Crippen MR) is 53.1 cm³/mol. The molecule has 0 saturated heterocycles. The molecule has 0 N–H and O–H groups in total. The van der Waals surface area contributed by atoms with Gasteiger partial charge in [0.05, 0.1) is 4.90 Å². The van der Waals surface area contributed by atoms with E-state index in [-0.39, 0.29) is 29.2 Å². The molecule has 1 rings (SSSR count). The maximum Gasteiger partial charge on any atom is 1.00 e. The molecular weight excluding hydrogens is 207 g/mol. The molecule has 0 aliphatic heterocycles. The first kappa shape index (κ1) is 14.7. The molecule has 0 aliphatic rings. The third-order valence-corrected chi connectivity index (χ3v) is 2.86. The minimum atomic E-state index is -4.37. The smallest absolute Gasteiger partial charge is 0.744 e. The van der Waals surface area contributed by atoms with Crippen molar-refractivity contribution in [2.45, 2.75) is 31.1 Å². The molecule has 0 aromatic heterocycles. The van der Waals surface area contributed by atoms with Crippen molar-refractivity contribution in [2.75, 3.05) is 0 Å². The molecule has 3 nitrogen and oxygen atoms in total. The van der Waals surface area contributed by atoms with E-state index < -0.39 is 10.1 Å². The van der Waals surface area contributed by atoms with E-state index in [2.05, 4.69) is 0 Å². The predicted octanol–water partition coefficient (Wildman–Crippen LogP) is -1.11. The van der Waals surface area contributed by atoms with E-state index in [1.807, 2.05) is 20.8 Å². The molecule has 0 spiro atoms. The molecule has 0 radical (unpaired) electrons. The standard InChI is InChI=1S/C10H14O3S.Li/c1-10(2,3)8-6-4-5-7-9(8)14(11,12)13;/h4-7H,1-3H3,(H,11,12,13);/q;+1/p-1. The van der Waals surface area contributed by atoms with Crippen molar-refractivity contribution in [1.82, 2.24) is 0 Å². The van der Waals surface area contributed by atoms with E-state index in [1.54, 1.807) is 18.2 Å². The van der Waals surface area contributed by atoms with Gasteiger partial charge in [0.15, 0.2) is 0 Å². The Bertz CT molecular complexity index is 432. The quantitative estimate of drug-likeness (QED) is 0.445. The minimum Gasteiger partial charge on any atom is -0.744 e. The summed E-state index contributed by atoms with van der Waals surface area (Å²) in [5.74, 6) is 0. The van der Waals surface area contributed by atoms with Crippen LogP contribution in [0, 0.1) is 0 Å². The van der Waals surface area contributed by atoms with Gasteiger partial charge in [-0.3, -0.25) is 0 Å². The Balaban J connectivity index is 0.00000196. The maximum atomic E-state index is 10.9. The van der Waals surface area contributed by atoms with E-state index in [1.165, 1.54) is 6.07 Å². The van der Waals surface area contributed by atoms with Gasteiger partial charge in [0.2, 0.25) is 0 Å². The topological polar surface area (TPSA) is 57.2 Å². The van der Waals surface area contributed by atoms with Crippen LogP contribution in [-0.4, -0.2) is 13.0 Å². The fourth-order valence-electron chi connectivity index (χ4n) is 1.30. The summed E-state index contributed by atoms with van der Waals surface area (Å²) in [4.78, 5) is -0.118. The van der Waals surface area contributed by atoms with Gasteiger partial charge >= 0.3 is 18.9 Å². The van der Waals surface area contributed by atoms with Gasteiger partial charge in [-0.25, -0.2) is 8.42 Å². The molecule has 1 aromatic carbocycles. The van der Waals surface area contributed by atoms with Crippen molar-refractivity contribution in [2.24, 2.45) is 0 Å². The summed E-state index contributed by atoms with van der Waals surface area (Å²) in [5, 5.41) is 0. The van der Waals surface area contributed by atoms with Crippen LogP contribution in [0.2, 0.25) is 0 Å². The molecular formula is C10H13LiO3S. The molecule has 1 aromatic rings. The summed E-state index contributed by atoms with van der Waals surface area (Å²) in [7, 11) is -4.37. The molecule has 0 heterocycles. The van der Waals surface area contributed by atoms with Gasteiger partial charge in [-0.15, -0.1) is 0 Å². The zero-order valence-electron chi connectivity index (χ0n) is 9.44. The first-order chi connectivity index (χ1) is 6.23. The second kappa shape index (κ2) is 4.71. The van der Waals surface area contributed by atoms with Crippen molar-refractivity contribution in [3.8, 4) is 0 Å². The largest absolute Gasteiger partial charge is 1.00 e. The van der Waals surface area contributed by atoms with Crippen molar-refractivity contribution < 1.29 is 31.8 Å². The van der Waals surface area contributed by atoms with Crippen LogP contribution in [-0.2, 0) is 15.5 Å². The van der Waals surface area contributed by atoms with Crippen molar-refractivity contribution in [1.29, 1.82) is 0 Å². The average molecular weight is 220 g/mol. The van der Waals surface area contributed by atoms with E-state index in [0.717, 1.165) is 0 Å². The van der Waals surface area contributed by atoms with Crippen LogP contribution in [0.3, 0.4) is 0 Å². The molecule has 78 valence electrons. The van der Waals surface area contributed by atoms with Gasteiger partial charge < -0.3 is 4.55 Å². The normalized spacial score (nSPS) is 12.0.